The molecule has 21 heavy (non-hydrogen) atoms. The first-order valence-corrected chi connectivity index (χ1v) is 8.00. The SMILES string of the molecule is NCCCOC1CCN(C(=O)c2ccc(Br)cc2O)CC1. The van der Waals surface area contributed by atoms with Gasteiger partial charge in [-0.15, -0.1) is 0 Å². The van der Waals surface area contributed by atoms with Crippen LogP contribution in [-0.4, -0.2) is 48.3 Å². The van der Waals surface area contributed by atoms with Crippen LogP contribution in [0.4, 0.5) is 0 Å². The molecule has 2 rings (SSSR count). The second-order valence-electron chi connectivity index (χ2n) is 5.17. The third kappa shape index (κ3) is 4.43. The van der Waals surface area contributed by atoms with Gasteiger partial charge < -0.3 is 20.5 Å². The molecule has 0 radical (unpaired) electrons. The maximum absolute atomic E-state index is 12.4. The molecule has 0 aliphatic carbocycles. The summed E-state index contributed by atoms with van der Waals surface area (Å²) in [6, 6.07) is 4.94. The number of nitrogens with two attached hydrogens (primary N) is 1. The van der Waals surface area contributed by atoms with Crippen molar-refractivity contribution in [3.63, 3.8) is 0 Å². The van der Waals surface area contributed by atoms with Crippen LogP contribution in [0.25, 0.3) is 0 Å². The Balaban J connectivity index is 1.88. The van der Waals surface area contributed by atoms with E-state index in [0.29, 0.717) is 31.8 Å². The summed E-state index contributed by atoms with van der Waals surface area (Å²) in [7, 11) is 0. The highest BCUT2D eigenvalue weighted by molar-refractivity contribution is 9.10. The molecule has 1 amide bonds. The van der Waals surface area contributed by atoms with Gasteiger partial charge >= 0.3 is 0 Å². The number of carbonyl (C=O) groups excluding carboxylic acids is 1. The van der Waals surface area contributed by atoms with E-state index >= 15 is 0 Å². The molecule has 116 valence electrons. The number of benzene rings is 1. The minimum Gasteiger partial charge on any atom is -0.507 e. The lowest BCUT2D eigenvalue weighted by atomic mass is 10.1. The number of phenolic OH excluding ortho intramolecular Hbond substituents is 1. The molecule has 0 atom stereocenters. The maximum Gasteiger partial charge on any atom is 0.257 e. The molecule has 5 nitrogen and oxygen atoms in total. The third-order valence-electron chi connectivity index (χ3n) is 3.62. The number of halogens is 1. The van der Waals surface area contributed by atoms with Crippen molar-refractivity contribution in [2.75, 3.05) is 26.2 Å². The van der Waals surface area contributed by atoms with Crippen molar-refractivity contribution in [1.29, 1.82) is 0 Å². The second kappa shape index (κ2) is 7.77. The fourth-order valence-corrected chi connectivity index (χ4v) is 2.76. The Morgan fingerprint density at radius 1 is 1.43 bits per heavy atom. The van der Waals surface area contributed by atoms with Crippen molar-refractivity contribution in [3.05, 3.63) is 28.2 Å². The van der Waals surface area contributed by atoms with Crippen molar-refractivity contribution in [2.45, 2.75) is 25.4 Å². The molecule has 0 spiro atoms. The fraction of sp³-hybridized carbons (Fsp3) is 0.533. The first kappa shape index (κ1) is 16.3. The molecule has 0 unspecified atom stereocenters. The lowest BCUT2D eigenvalue weighted by Gasteiger charge is -2.32. The Labute approximate surface area is 133 Å². The van der Waals surface area contributed by atoms with Crippen LogP contribution in [-0.2, 0) is 4.74 Å². The topological polar surface area (TPSA) is 75.8 Å². The standard InChI is InChI=1S/C15H21BrN2O3/c16-11-2-3-13(14(19)10-11)15(20)18-7-4-12(5-8-18)21-9-1-6-17/h2-3,10,12,19H,1,4-9,17H2. The van der Waals surface area contributed by atoms with Gasteiger partial charge in [-0.25, -0.2) is 0 Å². The molecule has 0 saturated carbocycles. The van der Waals surface area contributed by atoms with Crippen LogP contribution in [0.5, 0.6) is 5.75 Å². The highest BCUT2D eigenvalue weighted by Crippen LogP contribution is 2.25. The molecule has 1 fully saturated rings. The predicted molar refractivity (Wildman–Crippen MR) is 84.4 cm³/mol. The number of phenols is 1. The van der Waals surface area contributed by atoms with Gasteiger partial charge in [0.25, 0.3) is 5.91 Å². The number of carbonyl (C=O) groups is 1. The summed E-state index contributed by atoms with van der Waals surface area (Å²) in [6.07, 6.45) is 2.73. The van der Waals surface area contributed by atoms with Crippen molar-refractivity contribution < 1.29 is 14.6 Å². The molecule has 1 saturated heterocycles. The van der Waals surface area contributed by atoms with Gasteiger partial charge in [-0.3, -0.25) is 4.79 Å². The lowest BCUT2D eigenvalue weighted by Crippen LogP contribution is -2.41. The van der Waals surface area contributed by atoms with Gasteiger partial charge in [0.2, 0.25) is 0 Å². The zero-order valence-corrected chi connectivity index (χ0v) is 13.5. The minimum atomic E-state index is -0.125. The first-order valence-electron chi connectivity index (χ1n) is 7.21. The Morgan fingerprint density at radius 3 is 2.76 bits per heavy atom. The number of hydrogen-bond acceptors (Lipinski definition) is 4. The average molecular weight is 357 g/mol. The van der Waals surface area contributed by atoms with Crippen LogP contribution >= 0.6 is 15.9 Å². The number of rotatable bonds is 5. The molecular formula is C15H21BrN2O3. The van der Waals surface area contributed by atoms with E-state index < -0.39 is 0 Å². The molecule has 1 aliphatic rings. The molecule has 1 heterocycles. The highest BCUT2D eigenvalue weighted by Gasteiger charge is 2.25. The van der Waals surface area contributed by atoms with E-state index in [1.54, 1.807) is 17.0 Å². The summed E-state index contributed by atoms with van der Waals surface area (Å²) in [5, 5.41) is 9.87. The number of aromatic hydroxyl groups is 1. The number of nitrogens with zero attached hydrogens (tertiary/aromatic N) is 1. The van der Waals surface area contributed by atoms with Crippen LogP contribution < -0.4 is 5.73 Å². The van der Waals surface area contributed by atoms with Crippen molar-refractivity contribution in [3.8, 4) is 5.75 Å². The number of ether oxygens (including phenoxy) is 1. The molecular weight excluding hydrogens is 336 g/mol. The van der Waals surface area contributed by atoms with Crippen molar-refractivity contribution in [1.82, 2.24) is 4.90 Å². The zero-order chi connectivity index (χ0) is 15.2. The van der Waals surface area contributed by atoms with Gasteiger partial charge in [0.1, 0.15) is 5.75 Å². The molecule has 0 aromatic heterocycles. The van der Waals surface area contributed by atoms with Crippen LogP contribution in [0.1, 0.15) is 29.6 Å². The van der Waals surface area contributed by atoms with E-state index in [2.05, 4.69) is 15.9 Å². The summed E-state index contributed by atoms with van der Waals surface area (Å²) in [4.78, 5) is 14.2. The number of piperidine rings is 1. The van der Waals surface area contributed by atoms with Crippen LogP contribution in [0.2, 0.25) is 0 Å². The van der Waals surface area contributed by atoms with Gasteiger partial charge in [0, 0.05) is 24.2 Å². The van der Waals surface area contributed by atoms with Gasteiger partial charge in [0.15, 0.2) is 0 Å². The van der Waals surface area contributed by atoms with E-state index in [1.807, 2.05) is 0 Å². The van der Waals surface area contributed by atoms with Crippen LogP contribution in [0.3, 0.4) is 0 Å². The molecule has 6 heteroatoms. The lowest BCUT2D eigenvalue weighted by molar-refractivity contribution is 0.00839. The molecule has 1 aromatic carbocycles. The fourth-order valence-electron chi connectivity index (χ4n) is 2.41. The quantitative estimate of drug-likeness (QED) is 0.792. The highest BCUT2D eigenvalue weighted by atomic mass is 79.9. The largest absolute Gasteiger partial charge is 0.507 e. The Morgan fingerprint density at radius 2 is 2.14 bits per heavy atom. The monoisotopic (exact) mass is 356 g/mol. The summed E-state index contributed by atoms with van der Waals surface area (Å²) in [5.74, 6) is -0.115. The van der Waals surface area contributed by atoms with Crippen molar-refractivity contribution in [2.24, 2.45) is 5.73 Å². The number of amides is 1. The predicted octanol–water partition coefficient (Wildman–Crippen LogP) is 2.12. The van der Waals surface area contributed by atoms with Crippen LogP contribution in [0.15, 0.2) is 22.7 Å². The van der Waals surface area contributed by atoms with E-state index in [0.717, 1.165) is 23.7 Å². The van der Waals surface area contributed by atoms with Gasteiger partial charge in [-0.1, -0.05) is 15.9 Å². The maximum atomic E-state index is 12.4. The van der Waals surface area contributed by atoms with E-state index in [-0.39, 0.29) is 17.8 Å². The Hall–Kier alpha value is -1.11. The smallest absolute Gasteiger partial charge is 0.257 e. The third-order valence-corrected chi connectivity index (χ3v) is 4.11. The molecule has 0 bridgehead atoms. The summed E-state index contributed by atoms with van der Waals surface area (Å²) < 4.78 is 6.48. The minimum absolute atomic E-state index is 0.00990. The van der Waals surface area contributed by atoms with E-state index in [1.165, 1.54) is 6.07 Å². The van der Waals surface area contributed by atoms with E-state index in [4.69, 9.17) is 10.5 Å². The molecule has 3 N–H and O–H groups in total. The van der Waals surface area contributed by atoms with Gasteiger partial charge in [0.05, 0.1) is 11.7 Å². The summed E-state index contributed by atoms with van der Waals surface area (Å²) in [6.45, 7) is 2.63. The summed E-state index contributed by atoms with van der Waals surface area (Å²) >= 11 is 3.27. The zero-order valence-electron chi connectivity index (χ0n) is 11.9. The summed E-state index contributed by atoms with van der Waals surface area (Å²) in [5.41, 5.74) is 5.78. The van der Waals surface area contributed by atoms with E-state index in [9.17, 15) is 9.90 Å². The second-order valence-corrected chi connectivity index (χ2v) is 6.08. The molecule has 1 aromatic rings. The Kier molecular flexibility index (Phi) is 6.02. The van der Waals surface area contributed by atoms with Gasteiger partial charge in [-0.2, -0.15) is 0 Å². The van der Waals surface area contributed by atoms with Gasteiger partial charge in [-0.05, 0) is 44.0 Å². The first-order chi connectivity index (χ1) is 10.1. The number of hydrogen-bond donors (Lipinski definition) is 2. The molecule has 1 aliphatic heterocycles. The number of likely N-dealkylation sites (tertiary alicyclic amines) is 1. The average Bonchev–Trinajstić information content (AvgIpc) is 2.48. The van der Waals surface area contributed by atoms with Crippen molar-refractivity contribution >= 4 is 21.8 Å². The Bertz CT molecular complexity index is 488. The van der Waals surface area contributed by atoms with Crippen LogP contribution in [0, 0.1) is 0 Å². The normalized spacial score (nSPS) is 16.2.